The molecule has 2 aromatic carbocycles. The average Bonchev–Trinajstić information content (AvgIpc) is 3.15. The van der Waals surface area contributed by atoms with Crippen molar-refractivity contribution in [2.45, 2.75) is 13.5 Å². The van der Waals surface area contributed by atoms with Crippen LogP contribution in [0.4, 0.5) is 5.69 Å². The number of benzene rings is 2. The van der Waals surface area contributed by atoms with Gasteiger partial charge in [0.1, 0.15) is 18.4 Å². The Labute approximate surface area is 152 Å². The van der Waals surface area contributed by atoms with E-state index in [0.29, 0.717) is 18.0 Å². The zero-order valence-electron chi connectivity index (χ0n) is 14.6. The first-order chi connectivity index (χ1) is 12.5. The van der Waals surface area contributed by atoms with E-state index < -0.39 is 10.0 Å². The van der Waals surface area contributed by atoms with E-state index in [0.717, 1.165) is 16.7 Å². The van der Waals surface area contributed by atoms with Crippen LogP contribution in [0.1, 0.15) is 12.5 Å². The van der Waals surface area contributed by atoms with Crippen molar-refractivity contribution >= 4 is 15.7 Å². The fourth-order valence-corrected chi connectivity index (χ4v) is 3.15. The lowest BCUT2D eigenvalue weighted by molar-refractivity contribution is 0.417. The van der Waals surface area contributed by atoms with Crippen molar-refractivity contribution in [2.24, 2.45) is 0 Å². The van der Waals surface area contributed by atoms with E-state index in [2.05, 4.69) is 14.8 Å². The van der Waals surface area contributed by atoms with Gasteiger partial charge in [-0.3, -0.25) is 4.72 Å². The molecule has 0 aliphatic carbocycles. The Morgan fingerprint density at radius 3 is 2.46 bits per heavy atom. The fourth-order valence-electron chi connectivity index (χ4n) is 2.51. The van der Waals surface area contributed by atoms with Gasteiger partial charge in [-0.15, -0.1) is 0 Å². The fraction of sp³-hybridized carbons (Fsp3) is 0.222. The third kappa shape index (κ3) is 4.20. The van der Waals surface area contributed by atoms with Gasteiger partial charge in [-0.25, -0.2) is 18.1 Å². The minimum absolute atomic E-state index is 0.00261. The Kier molecular flexibility index (Phi) is 5.22. The smallest absolute Gasteiger partial charge is 0.232 e. The number of nitrogens with zero attached hydrogens (tertiary/aromatic N) is 3. The van der Waals surface area contributed by atoms with Crippen LogP contribution in [0.25, 0.3) is 11.1 Å². The van der Waals surface area contributed by atoms with Crippen LogP contribution in [0, 0.1) is 0 Å². The van der Waals surface area contributed by atoms with E-state index >= 15 is 0 Å². The lowest BCUT2D eigenvalue weighted by Crippen LogP contribution is -2.15. The van der Waals surface area contributed by atoms with E-state index in [9.17, 15) is 8.42 Å². The first-order valence-electron chi connectivity index (χ1n) is 8.11. The first-order valence-corrected chi connectivity index (χ1v) is 9.76. The number of nitrogens with one attached hydrogen (secondary N) is 1. The van der Waals surface area contributed by atoms with E-state index in [1.165, 1.54) is 13.4 Å². The van der Waals surface area contributed by atoms with Crippen molar-refractivity contribution in [3.05, 3.63) is 60.7 Å². The number of ether oxygens (including phenoxy) is 1. The average molecular weight is 372 g/mol. The van der Waals surface area contributed by atoms with Crippen LogP contribution in [0.5, 0.6) is 5.75 Å². The van der Waals surface area contributed by atoms with Crippen molar-refractivity contribution in [3.63, 3.8) is 0 Å². The summed E-state index contributed by atoms with van der Waals surface area (Å²) < 4.78 is 33.4. The summed E-state index contributed by atoms with van der Waals surface area (Å²) in [6.45, 7) is 2.23. The molecule has 0 fully saturated rings. The Balaban J connectivity index is 1.86. The van der Waals surface area contributed by atoms with Crippen LogP contribution >= 0.6 is 0 Å². The van der Waals surface area contributed by atoms with Gasteiger partial charge in [0.25, 0.3) is 0 Å². The van der Waals surface area contributed by atoms with Gasteiger partial charge in [0.05, 0.1) is 25.1 Å². The molecule has 8 heteroatoms. The molecule has 26 heavy (non-hydrogen) atoms. The molecule has 0 aliphatic rings. The van der Waals surface area contributed by atoms with Gasteiger partial charge in [0.15, 0.2) is 0 Å². The summed E-state index contributed by atoms with van der Waals surface area (Å²) in [6, 6.07) is 13.4. The summed E-state index contributed by atoms with van der Waals surface area (Å²) in [4.78, 5) is 3.93. The molecule has 0 radical (unpaired) electrons. The lowest BCUT2D eigenvalue weighted by atomic mass is 10.0. The second-order valence-corrected chi connectivity index (χ2v) is 7.72. The highest BCUT2D eigenvalue weighted by Gasteiger charge is 2.12. The Morgan fingerprint density at radius 2 is 1.85 bits per heavy atom. The number of anilines is 1. The monoisotopic (exact) mass is 372 g/mol. The molecule has 0 amide bonds. The number of methoxy groups -OCH3 is 1. The maximum atomic E-state index is 11.9. The molecule has 0 saturated carbocycles. The molecule has 1 N–H and O–H groups in total. The van der Waals surface area contributed by atoms with Crippen molar-refractivity contribution < 1.29 is 13.2 Å². The van der Waals surface area contributed by atoms with Gasteiger partial charge >= 0.3 is 0 Å². The highest BCUT2D eigenvalue weighted by atomic mass is 32.2. The molecule has 3 rings (SSSR count). The van der Waals surface area contributed by atoms with Gasteiger partial charge in [0, 0.05) is 0 Å². The number of hydrogen-bond donors (Lipinski definition) is 1. The molecular weight excluding hydrogens is 352 g/mol. The quantitative estimate of drug-likeness (QED) is 0.689. The van der Waals surface area contributed by atoms with Crippen LogP contribution in [0.2, 0.25) is 0 Å². The maximum absolute atomic E-state index is 11.9. The summed E-state index contributed by atoms with van der Waals surface area (Å²) in [7, 11) is -1.87. The molecule has 1 heterocycles. The minimum atomic E-state index is -3.39. The summed E-state index contributed by atoms with van der Waals surface area (Å²) in [5, 5.41) is 4.09. The molecule has 1 aromatic heterocycles. The third-order valence-corrected chi connectivity index (χ3v) is 5.23. The van der Waals surface area contributed by atoms with Crippen molar-refractivity contribution in [2.75, 3.05) is 17.6 Å². The Morgan fingerprint density at radius 1 is 1.12 bits per heavy atom. The molecule has 0 unspecified atom stereocenters. The molecule has 0 saturated heterocycles. The van der Waals surface area contributed by atoms with Crippen molar-refractivity contribution in [3.8, 4) is 16.9 Å². The van der Waals surface area contributed by atoms with E-state index in [-0.39, 0.29) is 5.75 Å². The number of hydrogen-bond acceptors (Lipinski definition) is 5. The standard InChI is InChI=1S/C18H20N4O3S/c1-3-26(23,24)21-17-10-16(8-9-18(17)25-2)15-6-4-14(5-7-15)11-22-13-19-12-20-22/h4-10,12-13,21H,3,11H2,1-2H3. The largest absolute Gasteiger partial charge is 0.495 e. The summed E-state index contributed by atoms with van der Waals surface area (Å²) in [6.07, 6.45) is 3.17. The number of rotatable bonds is 7. The lowest BCUT2D eigenvalue weighted by Gasteiger charge is -2.13. The SMILES string of the molecule is CCS(=O)(=O)Nc1cc(-c2ccc(Cn3cncn3)cc2)ccc1OC. The van der Waals surface area contributed by atoms with E-state index in [4.69, 9.17) is 4.74 Å². The molecule has 0 atom stereocenters. The van der Waals surface area contributed by atoms with Gasteiger partial charge < -0.3 is 4.74 Å². The van der Waals surface area contributed by atoms with Gasteiger partial charge in [-0.05, 0) is 35.7 Å². The van der Waals surface area contributed by atoms with E-state index in [1.54, 1.807) is 30.1 Å². The van der Waals surface area contributed by atoms with Crippen LogP contribution in [0.15, 0.2) is 55.1 Å². The Bertz CT molecular complexity index is 968. The molecule has 0 bridgehead atoms. The molecule has 3 aromatic rings. The maximum Gasteiger partial charge on any atom is 0.232 e. The van der Waals surface area contributed by atoms with Crippen LogP contribution in [0.3, 0.4) is 0 Å². The summed E-state index contributed by atoms with van der Waals surface area (Å²) in [5.41, 5.74) is 3.40. The van der Waals surface area contributed by atoms with E-state index in [1.807, 2.05) is 30.3 Å². The first kappa shape index (κ1) is 17.9. The molecule has 7 nitrogen and oxygen atoms in total. The summed E-state index contributed by atoms with van der Waals surface area (Å²) >= 11 is 0. The van der Waals surface area contributed by atoms with Crippen molar-refractivity contribution in [1.82, 2.24) is 14.8 Å². The van der Waals surface area contributed by atoms with Gasteiger partial charge in [-0.1, -0.05) is 30.3 Å². The highest BCUT2D eigenvalue weighted by Crippen LogP contribution is 2.31. The van der Waals surface area contributed by atoms with Crippen LogP contribution < -0.4 is 9.46 Å². The molecule has 0 aliphatic heterocycles. The number of sulfonamides is 1. The second-order valence-electron chi connectivity index (χ2n) is 5.71. The molecule has 0 spiro atoms. The molecular formula is C18H20N4O3S. The zero-order chi connectivity index (χ0) is 18.6. The van der Waals surface area contributed by atoms with Gasteiger partial charge in [-0.2, -0.15) is 5.10 Å². The predicted molar refractivity (Wildman–Crippen MR) is 101 cm³/mol. The van der Waals surface area contributed by atoms with Gasteiger partial charge in [0.2, 0.25) is 10.0 Å². The van der Waals surface area contributed by atoms with Crippen LogP contribution in [-0.4, -0.2) is 36.0 Å². The van der Waals surface area contributed by atoms with Crippen molar-refractivity contribution in [1.29, 1.82) is 0 Å². The third-order valence-electron chi connectivity index (χ3n) is 3.94. The second kappa shape index (κ2) is 7.57. The predicted octanol–water partition coefficient (Wildman–Crippen LogP) is 2.76. The van der Waals surface area contributed by atoms with Crippen LogP contribution in [-0.2, 0) is 16.6 Å². The normalized spacial score (nSPS) is 11.3. The number of aromatic nitrogens is 3. The zero-order valence-corrected chi connectivity index (χ0v) is 15.4. The minimum Gasteiger partial charge on any atom is -0.495 e. The Hall–Kier alpha value is -2.87. The summed E-state index contributed by atoms with van der Waals surface area (Å²) in [5.74, 6) is 0.478. The molecule has 136 valence electrons. The highest BCUT2D eigenvalue weighted by molar-refractivity contribution is 7.92. The topological polar surface area (TPSA) is 86.1 Å².